The van der Waals surface area contributed by atoms with Crippen LogP contribution in [0.2, 0.25) is 39.3 Å². The fraction of sp³-hybridized carbons (Fsp3) is 0.210. The molecule has 0 amide bonds. The molecule has 0 saturated heterocycles. The van der Waals surface area contributed by atoms with Gasteiger partial charge in [-0.15, -0.1) is 0 Å². The van der Waals surface area contributed by atoms with Crippen molar-refractivity contribution >= 4 is 84.9 Å². The van der Waals surface area contributed by atoms with Crippen molar-refractivity contribution < 1.29 is 0 Å². The molecular formula is C81H80N2Si2. The van der Waals surface area contributed by atoms with Crippen molar-refractivity contribution in [2.24, 2.45) is 0 Å². The van der Waals surface area contributed by atoms with E-state index in [-0.39, 0.29) is 16.2 Å². The van der Waals surface area contributed by atoms with Crippen LogP contribution in [-0.2, 0) is 16.2 Å². The highest BCUT2D eigenvalue weighted by Crippen LogP contribution is 2.54. The lowest BCUT2D eigenvalue weighted by Gasteiger charge is -2.29. The van der Waals surface area contributed by atoms with Crippen LogP contribution in [0.1, 0.15) is 108 Å². The molecule has 85 heavy (non-hydrogen) atoms. The molecule has 0 atom stereocenters. The molecule has 0 aliphatic heterocycles. The Morgan fingerprint density at radius 2 is 0.471 bits per heavy atom. The number of anilines is 6. The molecule has 3 aliphatic rings. The Bertz CT molecular complexity index is 4050. The third-order valence-electron chi connectivity index (χ3n) is 19.1. The lowest BCUT2D eigenvalue weighted by atomic mass is 9.81. The van der Waals surface area contributed by atoms with Gasteiger partial charge in [-0.25, -0.2) is 0 Å². The van der Waals surface area contributed by atoms with Crippen LogP contribution in [0.4, 0.5) is 34.1 Å². The molecule has 0 aromatic heterocycles. The highest BCUT2D eigenvalue weighted by atomic mass is 28.3. The maximum absolute atomic E-state index is 2.44. The van der Waals surface area contributed by atoms with Gasteiger partial charge in [-0.05, 0) is 176 Å². The lowest BCUT2D eigenvalue weighted by Crippen LogP contribution is -2.37. The summed E-state index contributed by atoms with van der Waals surface area (Å²) in [6.45, 7) is 33.2. The van der Waals surface area contributed by atoms with E-state index in [1.807, 2.05) is 0 Å². The molecule has 0 saturated carbocycles. The number of benzene rings is 10. The Morgan fingerprint density at radius 3 is 0.718 bits per heavy atom. The summed E-state index contributed by atoms with van der Waals surface area (Å²) in [7, 11) is -2.89. The van der Waals surface area contributed by atoms with Crippen LogP contribution in [0.25, 0.3) is 57.7 Å². The monoisotopic (exact) mass is 1140 g/mol. The highest BCUT2D eigenvalue weighted by Gasteiger charge is 2.39. The molecular weight excluding hydrogens is 1060 g/mol. The number of hydrogen-bond donors (Lipinski definition) is 0. The smallest absolute Gasteiger partial charge is 0.0775 e. The largest absolute Gasteiger partial charge is 0.310 e. The average molecular weight is 1140 g/mol. The number of aryl methyl sites for hydroxylation is 2. The summed E-state index contributed by atoms with van der Waals surface area (Å²) < 4.78 is 0. The molecule has 422 valence electrons. The van der Waals surface area contributed by atoms with Gasteiger partial charge < -0.3 is 9.80 Å². The lowest BCUT2D eigenvalue weighted by molar-refractivity contribution is 0.660. The number of nitrogens with zero attached hydrogens (tertiary/aromatic N) is 2. The number of hydrogen-bond acceptors (Lipinski definition) is 2. The first kappa shape index (κ1) is 55.9. The Morgan fingerprint density at radius 1 is 0.259 bits per heavy atom. The van der Waals surface area contributed by atoms with E-state index in [0.29, 0.717) is 0 Å². The molecule has 13 rings (SSSR count). The molecule has 0 heterocycles. The van der Waals surface area contributed by atoms with Crippen LogP contribution in [0.15, 0.2) is 206 Å². The molecule has 0 N–H and O–H groups in total. The maximum Gasteiger partial charge on any atom is 0.0775 e. The van der Waals surface area contributed by atoms with E-state index >= 15 is 0 Å². The summed E-state index contributed by atoms with van der Waals surface area (Å²) in [5.74, 6) is 0. The van der Waals surface area contributed by atoms with Crippen LogP contribution in [0.5, 0.6) is 0 Å². The van der Waals surface area contributed by atoms with Gasteiger partial charge in [-0.2, -0.15) is 0 Å². The Hall–Kier alpha value is -8.29. The van der Waals surface area contributed by atoms with Gasteiger partial charge in [0.1, 0.15) is 0 Å². The van der Waals surface area contributed by atoms with Crippen molar-refractivity contribution in [3.8, 4) is 33.4 Å². The minimum atomic E-state index is -1.44. The van der Waals surface area contributed by atoms with Crippen molar-refractivity contribution in [1.82, 2.24) is 0 Å². The van der Waals surface area contributed by atoms with E-state index in [2.05, 4.69) is 335 Å². The Labute approximate surface area is 508 Å². The fourth-order valence-electron chi connectivity index (χ4n) is 13.8. The first-order valence-electron chi connectivity index (χ1n) is 30.6. The fourth-order valence-corrected chi connectivity index (χ4v) is 16.2. The van der Waals surface area contributed by atoms with E-state index in [1.165, 1.54) is 145 Å². The summed E-state index contributed by atoms with van der Waals surface area (Å²) in [6, 6.07) is 79.0. The van der Waals surface area contributed by atoms with Crippen LogP contribution >= 0.6 is 0 Å². The Balaban J connectivity index is 0.725. The molecule has 0 radical (unpaired) electrons. The van der Waals surface area contributed by atoms with Crippen molar-refractivity contribution in [2.45, 2.75) is 111 Å². The molecule has 0 fully saturated rings. The van der Waals surface area contributed by atoms with E-state index in [4.69, 9.17) is 0 Å². The summed E-state index contributed by atoms with van der Waals surface area (Å²) in [5.41, 5.74) is 30.2. The molecule has 10 aromatic rings. The first-order chi connectivity index (χ1) is 40.4. The second kappa shape index (κ2) is 20.5. The zero-order valence-corrected chi connectivity index (χ0v) is 54.3. The third kappa shape index (κ3) is 9.91. The zero-order valence-electron chi connectivity index (χ0n) is 52.3. The molecule has 2 nitrogen and oxygen atoms in total. The Kier molecular flexibility index (Phi) is 13.5. The molecule has 0 spiro atoms. The van der Waals surface area contributed by atoms with Gasteiger partial charge in [-0.1, -0.05) is 260 Å². The van der Waals surface area contributed by atoms with Crippen LogP contribution in [0.3, 0.4) is 0 Å². The molecule has 10 aromatic carbocycles. The predicted molar refractivity (Wildman–Crippen MR) is 375 cm³/mol. The van der Waals surface area contributed by atoms with Crippen LogP contribution < -0.4 is 20.2 Å². The molecule has 0 unspecified atom stereocenters. The van der Waals surface area contributed by atoms with Gasteiger partial charge in [0.05, 0.1) is 16.1 Å². The summed E-state index contributed by atoms with van der Waals surface area (Å²) in [5, 5.41) is 2.94. The van der Waals surface area contributed by atoms with E-state index < -0.39 is 16.1 Å². The van der Waals surface area contributed by atoms with E-state index in [1.54, 1.807) is 0 Å². The summed E-state index contributed by atoms with van der Waals surface area (Å²) in [4.78, 5) is 4.85. The highest BCUT2D eigenvalue weighted by molar-refractivity contribution is 6.89. The van der Waals surface area contributed by atoms with Crippen molar-refractivity contribution in [3.05, 3.63) is 273 Å². The maximum atomic E-state index is 2.44. The van der Waals surface area contributed by atoms with Gasteiger partial charge in [-0.3, -0.25) is 0 Å². The van der Waals surface area contributed by atoms with Gasteiger partial charge in [0.15, 0.2) is 0 Å². The van der Waals surface area contributed by atoms with Gasteiger partial charge in [0.2, 0.25) is 0 Å². The summed E-state index contributed by atoms with van der Waals surface area (Å²) in [6.07, 6.45) is 9.22. The molecule has 0 bridgehead atoms. The first-order valence-corrected chi connectivity index (χ1v) is 37.6. The second-order valence-electron chi connectivity index (χ2n) is 28.2. The van der Waals surface area contributed by atoms with Gasteiger partial charge >= 0.3 is 0 Å². The standard InChI is InChI=1S/C81H80N2Si2/c1-53-15-27-59(28-16-53)82(61-31-37-65(38-32-61)84(9,10)11)63-35-45-71-69-43-25-57(49-75(69)80(5,6)77(71)51-63)21-19-55-23-41-67-68-42-24-56(48-74(68)79(3,4)73(67)47-55)20-22-58-26-44-70-72-46-36-64(52-78(72)81(7,8)76(70)50-58)83(60-29-17-54(2)18-30-60)62-33-39-66(40-34-62)85(12,13)14/h15-52H,1-14H3/b21-19+,22-20+. The average Bonchev–Trinajstić information content (AvgIpc) is 1.92. The van der Waals surface area contributed by atoms with Crippen LogP contribution in [-0.4, -0.2) is 16.1 Å². The SMILES string of the molecule is Cc1ccc(N(c2ccc([Si](C)(C)C)cc2)c2ccc3c(c2)C(C)(C)c2cc(/C=C/c4ccc5c(c4)C(C)(C)c4cc(/C=C/c6ccc7c(c6)C(C)(C)c6cc(N(c8ccc(C)cc8)c8ccc([Si](C)(C)C)cc8)ccc6-7)ccc4-5)ccc2-3)cc1. The quantitative estimate of drug-likeness (QED) is 0.0889. The van der Waals surface area contributed by atoms with Gasteiger partial charge in [0.25, 0.3) is 0 Å². The summed E-state index contributed by atoms with van der Waals surface area (Å²) >= 11 is 0. The van der Waals surface area contributed by atoms with Crippen LogP contribution in [0, 0.1) is 13.8 Å². The predicted octanol–water partition coefficient (Wildman–Crippen LogP) is 21.6. The number of fused-ring (bicyclic) bond motifs is 9. The molecule has 3 aliphatic carbocycles. The zero-order chi connectivity index (χ0) is 59.5. The number of rotatable bonds is 12. The van der Waals surface area contributed by atoms with Crippen molar-refractivity contribution in [2.75, 3.05) is 9.80 Å². The van der Waals surface area contributed by atoms with E-state index in [0.717, 1.165) is 0 Å². The normalized spacial score (nSPS) is 14.9. The topological polar surface area (TPSA) is 6.48 Å². The molecule has 4 heteroatoms. The minimum absolute atomic E-state index is 0.151. The third-order valence-corrected chi connectivity index (χ3v) is 23.2. The second-order valence-corrected chi connectivity index (χ2v) is 38.3. The van der Waals surface area contributed by atoms with Crippen molar-refractivity contribution in [1.29, 1.82) is 0 Å². The van der Waals surface area contributed by atoms with E-state index in [9.17, 15) is 0 Å². The van der Waals surface area contributed by atoms with Gasteiger partial charge in [0, 0.05) is 50.4 Å². The van der Waals surface area contributed by atoms with Crippen molar-refractivity contribution in [3.63, 3.8) is 0 Å². The minimum Gasteiger partial charge on any atom is -0.310 e.